The van der Waals surface area contributed by atoms with Gasteiger partial charge in [-0.1, -0.05) is 6.92 Å². The standard InChI is InChI=1S/C24H34F2N2O2/c1-23-8-6-16-15-7-9-24(30,22(25)26)13-14(15)2-3-17(16)18(23)4-5-19(23)20(29)12-21-27-10-11-28-21/h10-11,14-19,22,30H,2-9,12-13H2,1H3,(H,27,28)/t14-,15-,16+,17+,18-,19+,23-,24+/m0/s1. The van der Waals surface area contributed by atoms with Crippen LogP contribution in [0, 0.1) is 40.9 Å². The predicted molar refractivity (Wildman–Crippen MR) is 109 cm³/mol. The molecule has 4 saturated carbocycles. The van der Waals surface area contributed by atoms with E-state index in [1.807, 2.05) is 0 Å². The van der Waals surface area contributed by atoms with Gasteiger partial charge in [0.05, 0.1) is 6.42 Å². The second kappa shape index (κ2) is 7.39. The molecule has 8 atom stereocenters. The fraction of sp³-hybridized carbons (Fsp3) is 0.833. The van der Waals surface area contributed by atoms with Crippen molar-refractivity contribution in [3.8, 4) is 0 Å². The van der Waals surface area contributed by atoms with Crippen molar-refractivity contribution in [3.63, 3.8) is 0 Å². The number of aromatic nitrogens is 2. The van der Waals surface area contributed by atoms with Gasteiger partial charge in [-0.15, -0.1) is 0 Å². The lowest BCUT2D eigenvalue weighted by molar-refractivity contribution is -0.160. The van der Waals surface area contributed by atoms with Crippen LogP contribution >= 0.6 is 0 Å². The van der Waals surface area contributed by atoms with Crippen molar-refractivity contribution in [2.75, 3.05) is 0 Å². The number of rotatable bonds is 4. The second-order valence-electron chi connectivity index (χ2n) is 10.9. The number of imidazole rings is 1. The minimum atomic E-state index is -2.64. The number of hydrogen-bond acceptors (Lipinski definition) is 3. The van der Waals surface area contributed by atoms with Crippen molar-refractivity contribution in [2.45, 2.75) is 83.2 Å². The molecule has 1 aromatic rings. The molecule has 0 spiro atoms. The number of nitrogens with one attached hydrogen (secondary N) is 1. The number of halogens is 2. The van der Waals surface area contributed by atoms with Crippen LogP contribution in [0.1, 0.15) is 70.5 Å². The number of nitrogens with zero attached hydrogens (tertiary/aromatic N) is 1. The van der Waals surface area contributed by atoms with Crippen LogP contribution in [0.25, 0.3) is 0 Å². The number of alkyl halides is 2. The Hall–Kier alpha value is -1.30. The molecule has 30 heavy (non-hydrogen) atoms. The molecule has 166 valence electrons. The van der Waals surface area contributed by atoms with E-state index in [9.17, 15) is 18.7 Å². The van der Waals surface area contributed by atoms with E-state index in [1.165, 1.54) is 0 Å². The maximum Gasteiger partial charge on any atom is 0.266 e. The summed E-state index contributed by atoms with van der Waals surface area (Å²) >= 11 is 0. The van der Waals surface area contributed by atoms with E-state index in [0.29, 0.717) is 35.9 Å². The van der Waals surface area contributed by atoms with E-state index in [1.54, 1.807) is 12.4 Å². The molecule has 5 rings (SSSR count). The van der Waals surface area contributed by atoms with Gasteiger partial charge in [0.15, 0.2) is 0 Å². The number of carbonyl (C=O) groups is 1. The second-order valence-corrected chi connectivity index (χ2v) is 10.9. The van der Waals surface area contributed by atoms with Crippen LogP contribution in [0.3, 0.4) is 0 Å². The van der Waals surface area contributed by atoms with Crippen molar-refractivity contribution in [3.05, 3.63) is 18.2 Å². The summed E-state index contributed by atoms with van der Waals surface area (Å²) in [5.41, 5.74) is -1.70. The highest BCUT2D eigenvalue weighted by atomic mass is 19.3. The number of fused-ring (bicyclic) bond motifs is 5. The Balaban J connectivity index is 1.30. The van der Waals surface area contributed by atoms with Gasteiger partial charge in [0.1, 0.15) is 17.2 Å². The third kappa shape index (κ3) is 3.16. The van der Waals surface area contributed by atoms with Gasteiger partial charge in [-0.3, -0.25) is 4.79 Å². The molecule has 6 heteroatoms. The molecule has 0 aliphatic heterocycles. The number of H-pyrrole nitrogens is 1. The first-order chi connectivity index (χ1) is 14.3. The normalized spacial score (nSPS) is 45.6. The monoisotopic (exact) mass is 420 g/mol. The summed E-state index contributed by atoms with van der Waals surface area (Å²) in [4.78, 5) is 20.4. The van der Waals surface area contributed by atoms with Crippen LogP contribution < -0.4 is 0 Å². The Morgan fingerprint density at radius 1 is 1.17 bits per heavy atom. The molecule has 0 amide bonds. The zero-order chi connectivity index (χ0) is 21.1. The summed E-state index contributed by atoms with van der Waals surface area (Å²) in [6.07, 6.45) is 8.76. The zero-order valence-electron chi connectivity index (χ0n) is 17.8. The third-order valence-corrected chi connectivity index (χ3v) is 9.74. The summed E-state index contributed by atoms with van der Waals surface area (Å²) in [6.45, 7) is 2.34. The van der Waals surface area contributed by atoms with Gasteiger partial charge in [0, 0.05) is 18.3 Å². The number of Topliss-reactive ketones (excluding diaryl/α,β-unsaturated/α-hetero) is 1. The molecule has 0 saturated heterocycles. The summed E-state index contributed by atoms with van der Waals surface area (Å²) in [7, 11) is 0. The molecule has 0 unspecified atom stereocenters. The summed E-state index contributed by atoms with van der Waals surface area (Å²) in [5.74, 6) is 3.68. The van der Waals surface area contributed by atoms with Gasteiger partial charge >= 0.3 is 0 Å². The summed E-state index contributed by atoms with van der Waals surface area (Å²) in [6, 6.07) is 0. The van der Waals surface area contributed by atoms with Crippen molar-refractivity contribution < 1.29 is 18.7 Å². The van der Waals surface area contributed by atoms with E-state index in [-0.39, 0.29) is 30.1 Å². The summed E-state index contributed by atoms with van der Waals surface area (Å²) in [5, 5.41) is 10.4. The van der Waals surface area contributed by atoms with Gasteiger partial charge in [-0.05, 0) is 92.8 Å². The Morgan fingerprint density at radius 3 is 2.70 bits per heavy atom. The molecule has 4 fully saturated rings. The van der Waals surface area contributed by atoms with E-state index >= 15 is 0 Å². The lowest BCUT2D eigenvalue weighted by Gasteiger charge is -2.57. The highest BCUT2D eigenvalue weighted by Crippen LogP contribution is 2.65. The maximum absolute atomic E-state index is 13.4. The predicted octanol–water partition coefficient (Wildman–Crippen LogP) is 4.79. The van der Waals surface area contributed by atoms with Crippen molar-refractivity contribution in [1.29, 1.82) is 0 Å². The highest BCUT2D eigenvalue weighted by molar-refractivity contribution is 5.83. The van der Waals surface area contributed by atoms with E-state index in [4.69, 9.17) is 0 Å². The number of ketones is 1. The number of aliphatic hydroxyl groups is 1. The van der Waals surface area contributed by atoms with Crippen molar-refractivity contribution in [2.24, 2.45) is 40.9 Å². The number of carbonyl (C=O) groups excluding carboxylic acids is 1. The van der Waals surface area contributed by atoms with Crippen molar-refractivity contribution in [1.82, 2.24) is 9.97 Å². The smallest absolute Gasteiger partial charge is 0.266 e. The van der Waals surface area contributed by atoms with Crippen molar-refractivity contribution >= 4 is 5.78 Å². The van der Waals surface area contributed by atoms with E-state index in [2.05, 4.69) is 16.9 Å². The van der Waals surface area contributed by atoms with E-state index in [0.717, 1.165) is 50.8 Å². The van der Waals surface area contributed by atoms with Crippen LogP contribution in [-0.2, 0) is 11.2 Å². The molecule has 1 aromatic heterocycles. The molecule has 4 aliphatic rings. The fourth-order valence-electron chi connectivity index (χ4n) is 8.32. The molecule has 4 aliphatic carbocycles. The highest BCUT2D eigenvalue weighted by Gasteiger charge is 2.59. The summed E-state index contributed by atoms with van der Waals surface area (Å²) < 4.78 is 26.8. The Bertz CT molecular complexity index is 784. The number of hydrogen-bond donors (Lipinski definition) is 2. The SMILES string of the molecule is C[C@]12CC[C@H]3[C@@H](CC[C@H]4C[C@@](O)(C(F)F)CC[C@@H]43)[C@@H]1CC[C@@H]2C(=O)Cc1ncc[nH]1. The fourth-order valence-corrected chi connectivity index (χ4v) is 8.32. The van der Waals surface area contributed by atoms with Gasteiger partial charge in [-0.25, -0.2) is 13.8 Å². The van der Waals surface area contributed by atoms with Gasteiger partial charge < -0.3 is 10.1 Å². The zero-order valence-corrected chi connectivity index (χ0v) is 17.8. The third-order valence-electron chi connectivity index (χ3n) is 9.74. The first kappa shape index (κ1) is 20.6. The Morgan fingerprint density at radius 2 is 1.97 bits per heavy atom. The van der Waals surface area contributed by atoms with Gasteiger partial charge in [-0.2, -0.15) is 0 Å². The topological polar surface area (TPSA) is 66.0 Å². The van der Waals surface area contributed by atoms with Gasteiger partial charge in [0.2, 0.25) is 0 Å². The van der Waals surface area contributed by atoms with Gasteiger partial charge in [0.25, 0.3) is 6.43 Å². The molecule has 2 N–H and O–H groups in total. The molecule has 0 aromatic carbocycles. The largest absolute Gasteiger partial charge is 0.384 e. The average Bonchev–Trinajstić information content (AvgIpc) is 3.34. The molecular formula is C24H34F2N2O2. The molecular weight excluding hydrogens is 386 g/mol. The lowest BCUT2D eigenvalue weighted by atomic mass is 9.49. The van der Waals surface area contributed by atoms with Crippen LogP contribution in [0.15, 0.2) is 12.4 Å². The quantitative estimate of drug-likeness (QED) is 0.736. The minimum absolute atomic E-state index is 0.0655. The minimum Gasteiger partial charge on any atom is -0.384 e. The van der Waals surface area contributed by atoms with Crippen LogP contribution in [0.2, 0.25) is 0 Å². The molecule has 1 heterocycles. The van der Waals surface area contributed by atoms with Crippen LogP contribution in [0.5, 0.6) is 0 Å². The van der Waals surface area contributed by atoms with Crippen LogP contribution in [0.4, 0.5) is 8.78 Å². The molecule has 4 nitrogen and oxygen atoms in total. The maximum atomic E-state index is 13.4. The Kier molecular flexibility index (Phi) is 5.07. The molecule has 0 bridgehead atoms. The van der Waals surface area contributed by atoms with E-state index < -0.39 is 12.0 Å². The first-order valence-corrected chi connectivity index (χ1v) is 11.8. The lowest BCUT2D eigenvalue weighted by Crippen LogP contribution is -2.53. The average molecular weight is 421 g/mol. The number of aromatic amines is 1. The Labute approximate surface area is 177 Å². The molecule has 0 radical (unpaired) electrons. The first-order valence-electron chi connectivity index (χ1n) is 11.8. The van der Waals surface area contributed by atoms with Crippen LogP contribution in [-0.4, -0.2) is 32.9 Å².